The van der Waals surface area contributed by atoms with Crippen LogP contribution in [0.1, 0.15) is 31.2 Å². The summed E-state index contributed by atoms with van der Waals surface area (Å²) in [4.78, 5) is 0. The van der Waals surface area contributed by atoms with E-state index in [4.69, 9.17) is 10.5 Å². The summed E-state index contributed by atoms with van der Waals surface area (Å²) >= 11 is 0. The van der Waals surface area contributed by atoms with Crippen LogP contribution in [0.15, 0.2) is 24.3 Å². The van der Waals surface area contributed by atoms with Crippen molar-refractivity contribution in [3.63, 3.8) is 0 Å². The third kappa shape index (κ3) is 3.43. The molecule has 3 N–H and O–H groups in total. The molecule has 112 valence electrons. The van der Waals surface area contributed by atoms with Crippen LogP contribution in [0, 0.1) is 0 Å². The Kier molecular flexibility index (Phi) is 4.25. The molecule has 1 aromatic carbocycles. The smallest absolute Gasteiger partial charge is 0.419 e. The normalized spacial score (nSPS) is 27.4. The van der Waals surface area contributed by atoms with Crippen LogP contribution in [0.2, 0.25) is 0 Å². The SMILES string of the molecule is NC1(CO)CCCC(Oc2ccccc2C(F)(F)F)C1. The van der Waals surface area contributed by atoms with E-state index in [9.17, 15) is 18.3 Å². The van der Waals surface area contributed by atoms with Gasteiger partial charge in [-0.2, -0.15) is 13.2 Å². The third-order valence-corrected chi connectivity index (χ3v) is 3.64. The van der Waals surface area contributed by atoms with E-state index in [-0.39, 0.29) is 12.4 Å². The van der Waals surface area contributed by atoms with Gasteiger partial charge in [0.1, 0.15) is 11.9 Å². The second-order valence-corrected chi connectivity index (χ2v) is 5.35. The van der Waals surface area contributed by atoms with Gasteiger partial charge in [0.25, 0.3) is 0 Å². The zero-order chi connectivity index (χ0) is 14.8. The average Bonchev–Trinajstić information content (AvgIpc) is 2.38. The third-order valence-electron chi connectivity index (χ3n) is 3.64. The molecule has 1 aromatic rings. The van der Waals surface area contributed by atoms with Crippen LogP contribution in [0.3, 0.4) is 0 Å². The molecule has 0 amide bonds. The predicted molar refractivity (Wildman–Crippen MR) is 68.3 cm³/mol. The van der Waals surface area contributed by atoms with Gasteiger partial charge >= 0.3 is 6.18 Å². The summed E-state index contributed by atoms with van der Waals surface area (Å²) < 4.78 is 44.1. The van der Waals surface area contributed by atoms with E-state index < -0.39 is 23.4 Å². The highest BCUT2D eigenvalue weighted by molar-refractivity contribution is 5.35. The van der Waals surface area contributed by atoms with Gasteiger partial charge in [0, 0.05) is 12.0 Å². The first-order valence-corrected chi connectivity index (χ1v) is 6.57. The first-order valence-electron chi connectivity index (χ1n) is 6.57. The molecule has 0 saturated heterocycles. The molecule has 1 saturated carbocycles. The summed E-state index contributed by atoms with van der Waals surface area (Å²) in [6, 6.07) is 5.15. The molecule has 1 aliphatic rings. The van der Waals surface area contributed by atoms with Gasteiger partial charge in [-0.25, -0.2) is 0 Å². The van der Waals surface area contributed by atoms with E-state index >= 15 is 0 Å². The maximum absolute atomic E-state index is 12.9. The van der Waals surface area contributed by atoms with E-state index in [0.29, 0.717) is 19.3 Å². The average molecular weight is 289 g/mol. The summed E-state index contributed by atoms with van der Waals surface area (Å²) in [6.07, 6.45) is -2.45. The lowest BCUT2D eigenvalue weighted by Crippen LogP contribution is -2.50. The number of aliphatic hydroxyl groups excluding tert-OH is 1. The van der Waals surface area contributed by atoms with Gasteiger partial charge in [-0.15, -0.1) is 0 Å². The molecule has 2 rings (SSSR count). The number of hydrogen-bond donors (Lipinski definition) is 2. The molecule has 0 heterocycles. The molecular weight excluding hydrogens is 271 g/mol. The zero-order valence-corrected chi connectivity index (χ0v) is 11.0. The number of para-hydroxylation sites is 1. The lowest BCUT2D eigenvalue weighted by Gasteiger charge is -2.36. The lowest BCUT2D eigenvalue weighted by atomic mass is 9.81. The molecule has 1 aliphatic carbocycles. The number of rotatable bonds is 3. The fourth-order valence-corrected chi connectivity index (χ4v) is 2.57. The first kappa shape index (κ1) is 15.1. The molecule has 0 aliphatic heterocycles. The van der Waals surface area contributed by atoms with Crippen LogP contribution < -0.4 is 10.5 Å². The van der Waals surface area contributed by atoms with Crippen molar-refractivity contribution in [2.24, 2.45) is 5.73 Å². The highest BCUT2D eigenvalue weighted by Crippen LogP contribution is 2.38. The van der Waals surface area contributed by atoms with Crippen molar-refractivity contribution in [1.82, 2.24) is 0 Å². The fourth-order valence-electron chi connectivity index (χ4n) is 2.57. The standard InChI is InChI=1S/C14H18F3NO2/c15-14(16,17)11-5-1-2-6-12(11)20-10-4-3-7-13(18,8-10)9-19/h1-2,5-6,10,19H,3-4,7-9,18H2. The Morgan fingerprint density at radius 3 is 2.70 bits per heavy atom. The van der Waals surface area contributed by atoms with Crippen LogP contribution in [0.5, 0.6) is 5.75 Å². The van der Waals surface area contributed by atoms with Crippen molar-refractivity contribution in [3.8, 4) is 5.75 Å². The van der Waals surface area contributed by atoms with Crippen LogP contribution in [-0.4, -0.2) is 23.4 Å². The van der Waals surface area contributed by atoms with Gasteiger partial charge in [-0.1, -0.05) is 12.1 Å². The number of nitrogens with two attached hydrogens (primary N) is 1. The molecule has 0 aromatic heterocycles. The van der Waals surface area contributed by atoms with E-state index in [0.717, 1.165) is 12.5 Å². The zero-order valence-electron chi connectivity index (χ0n) is 11.0. The number of aliphatic hydroxyl groups is 1. The Balaban J connectivity index is 2.14. The molecule has 6 heteroatoms. The molecule has 0 bridgehead atoms. The highest BCUT2D eigenvalue weighted by atomic mass is 19.4. The number of hydrogen-bond acceptors (Lipinski definition) is 3. The van der Waals surface area contributed by atoms with Crippen LogP contribution in [0.4, 0.5) is 13.2 Å². The number of ether oxygens (including phenoxy) is 1. The molecular formula is C14H18F3NO2. The maximum atomic E-state index is 12.9. The van der Waals surface area contributed by atoms with Gasteiger partial charge in [0.05, 0.1) is 12.2 Å². The summed E-state index contributed by atoms with van der Waals surface area (Å²) in [7, 11) is 0. The Bertz CT molecular complexity index is 464. The number of halogens is 3. The van der Waals surface area contributed by atoms with Crippen LogP contribution in [0.25, 0.3) is 0 Å². The molecule has 20 heavy (non-hydrogen) atoms. The highest BCUT2D eigenvalue weighted by Gasteiger charge is 2.37. The monoisotopic (exact) mass is 289 g/mol. The van der Waals surface area contributed by atoms with Crippen molar-refractivity contribution in [3.05, 3.63) is 29.8 Å². The largest absolute Gasteiger partial charge is 0.490 e. The Morgan fingerprint density at radius 2 is 2.05 bits per heavy atom. The van der Waals surface area contributed by atoms with Crippen LogP contribution in [-0.2, 0) is 6.18 Å². The lowest BCUT2D eigenvalue weighted by molar-refractivity contribution is -0.139. The summed E-state index contributed by atoms with van der Waals surface area (Å²) in [5.74, 6) is -0.174. The summed E-state index contributed by atoms with van der Waals surface area (Å²) in [5, 5.41) is 9.26. The Hall–Kier alpha value is -1.27. The molecule has 2 unspecified atom stereocenters. The second-order valence-electron chi connectivity index (χ2n) is 5.35. The Labute approximate surface area is 115 Å². The van der Waals surface area contributed by atoms with Crippen molar-refractivity contribution >= 4 is 0 Å². The minimum absolute atomic E-state index is 0.174. The number of benzene rings is 1. The topological polar surface area (TPSA) is 55.5 Å². The van der Waals surface area contributed by atoms with E-state index in [1.807, 2.05) is 0 Å². The summed E-state index contributed by atoms with van der Waals surface area (Å²) in [5.41, 5.74) is 4.44. The first-order chi connectivity index (χ1) is 9.34. The molecule has 2 atom stereocenters. The van der Waals surface area contributed by atoms with Gasteiger partial charge < -0.3 is 15.6 Å². The van der Waals surface area contributed by atoms with E-state index in [1.165, 1.54) is 18.2 Å². The van der Waals surface area contributed by atoms with E-state index in [2.05, 4.69) is 0 Å². The minimum atomic E-state index is -4.44. The van der Waals surface area contributed by atoms with Gasteiger partial charge in [-0.05, 0) is 31.4 Å². The molecule has 0 radical (unpaired) electrons. The van der Waals surface area contributed by atoms with Gasteiger partial charge in [0.15, 0.2) is 0 Å². The minimum Gasteiger partial charge on any atom is -0.490 e. The van der Waals surface area contributed by atoms with E-state index in [1.54, 1.807) is 0 Å². The van der Waals surface area contributed by atoms with Crippen LogP contribution >= 0.6 is 0 Å². The second kappa shape index (κ2) is 5.61. The molecule has 3 nitrogen and oxygen atoms in total. The predicted octanol–water partition coefficient (Wildman–Crippen LogP) is 2.72. The maximum Gasteiger partial charge on any atom is 0.419 e. The fraction of sp³-hybridized carbons (Fsp3) is 0.571. The van der Waals surface area contributed by atoms with Crippen molar-refractivity contribution < 1.29 is 23.0 Å². The Morgan fingerprint density at radius 1 is 1.35 bits per heavy atom. The summed E-state index contributed by atoms with van der Waals surface area (Å²) in [6.45, 7) is -0.187. The van der Waals surface area contributed by atoms with Gasteiger partial charge in [-0.3, -0.25) is 0 Å². The number of alkyl halides is 3. The van der Waals surface area contributed by atoms with Gasteiger partial charge in [0.2, 0.25) is 0 Å². The quantitative estimate of drug-likeness (QED) is 0.899. The van der Waals surface area contributed by atoms with Crippen molar-refractivity contribution in [2.75, 3.05) is 6.61 Å². The van der Waals surface area contributed by atoms with Crippen molar-refractivity contribution in [1.29, 1.82) is 0 Å². The molecule has 1 fully saturated rings. The molecule has 0 spiro atoms. The van der Waals surface area contributed by atoms with Crippen molar-refractivity contribution in [2.45, 2.75) is 43.5 Å².